The average Bonchev–Trinajstić information content (AvgIpc) is 3.91. The standard InChI is InChI=1S/C15H17N3O3.C11H15NO2S.C5H10N2O2.C2H4O2/c1-9-3-4-10(15(19)20-2)7-12(9)14-16-13(17-18-14)11-5-6-21-8-11;1-7-4-5-8(11(13)14-2)6-9(7)10(12)15-3;6-7-5(8)4-1-2-9-3-4;1-2(3)4/h3-4,7,11H,5-6,8H2,1-2H3,(H,16,17,18);4-6,10H,12H2,1-3H3;4H,1-3,6H2,(H,7,8);1H3,(H,3,4). The van der Waals surface area contributed by atoms with Crippen molar-refractivity contribution >= 4 is 35.6 Å². The van der Waals surface area contributed by atoms with Crippen LogP contribution in [0.5, 0.6) is 0 Å². The molecule has 3 aromatic rings. The first-order chi connectivity index (χ1) is 23.4. The van der Waals surface area contributed by atoms with Gasteiger partial charge in [0.05, 0.1) is 49.9 Å². The van der Waals surface area contributed by atoms with Gasteiger partial charge in [-0.25, -0.2) is 20.4 Å². The number of aliphatic carboxylic acids is 1. The number of carbonyl (C=O) groups is 4. The summed E-state index contributed by atoms with van der Waals surface area (Å²) in [5.41, 5.74) is 13.0. The van der Waals surface area contributed by atoms with Crippen molar-refractivity contribution in [3.05, 3.63) is 70.0 Å². The summed E-state index contributed by atoms with van der Waals surface area (Å²) in [6.07, 6.45) is 3.69. The van der Waals surface area contributed by atoms with Crippen LogP contribution in [0.1, 0.15) is 74.3 Å². The number of H-pyrrole nitrogens is 1. The molecule has 3 heterocycles. The summed E-state index contributed by atoms with van der Waals surface area (Å²) in [6.45, 7) is 7.66. The monoisotopic (exact) mass is 702 g/mol. The van der Waals surface area contributed by atoms with Crippen LogP contribution >= 0.6 is 11.8 Å². The third kappa shape index (κ3) is 12.9. The zero-order chi connectivity index (χ0) is 36.5. The Labute approximate surface area is 289 Å². The molecule has 268 valence electrons. The van der Waals surface area contributed by atoms with Crippen LogP contribution in [-0.4, -0.2) is 91.0 Å². The molecule has 5 rings (SSSR count). The molecule has 1 aromatic heterocycles. The minimum absolute atomic E-state index is 0.0185. The van der Waals surface area contributed by atoms with Crippen LogP contribution in [0.2, 0.25) is 0 Å². The highest BCUT2D eigenvalue weighted by Gasteiger charge is 2.23. The van der Waals surface area contributed by atoms with Crippen molar-refractivity contribution in [2.24, 2.45) is 17.5 Å². The SMILES string of the molecule is CC(=O)O.COC(=O)c1ccc(C)c(-c2n[nH]c(C3CCOC3)n2)c1.COC(=O)c1ccc(C)c(C(N)SC)c1.NNC(=O)C1CCOC1. The molecule has 0 spiro atoms. The molecule has 2 aliphatic rings. The van der Waals surface area contributed by atoms with Gasteiger partial charge in [-0.2, -0.15) is 5.10 Å². The molecular weight excluding hydrogens is 656 g/mol. The van der Waals surface area contributed by atoms with Crippen molar-refractivity contribution < 1.29 is 43.2 Å². The molecule has 0 bridgehead atoms. The van der Waals surface area contributed by atoms with Crippen molar-refractivity contribution in [3.63, 3.8) is 0 Å². The van der Waals surface area contributed by atoms with Gasteiger partial charge in [-0.15, -0.1) is 11.8 Å². The van der Waals surface area contributed by atoms with Gasteiger partial charge in [0.25, 0.3) is 5.97 Å². The molecule has 0 radical (unpaired) electrons. The van der Waals surface area contributed by atoms with Crippen molar-refractivity contribution in [2.75, 3.05) is 46.9 Å². The number of aryl methyl sites for hydroxylation is 2. The van der Waals surface area contributed by atoms with Crippen LogP contribution in [0.4, 0.5) is 0 Å². The Hall–Kier alpha value is -4.35. The second-order valence-electron chi connectivity index (χ2n) is 10.9. The number of aromatic amines is 1. The number of ether oxygens (including phenoxy) is 4. The zero-order valence-corrected chi connectivity index (χ0v) is 29.4. The number of methoxy groups -OCH3 is 2. The van der Waals surface area contributed by atoms with Crippen molar-refractivity contribution in [1.82, 2.24) is 20.6 Å². The van der Waals surface area contributed by atoms with E-state index in [4.69, 9.17) is 35.7 Å². The van der Waals surface area contributed by atoms with Crippen LogP contribution < -0.4 is 17.0 Å². The first-order valence-corrected chi connectivity index (χ1v) is 16.6. The van der Waals surface area contributed by atoms with Crippen molar-refractivity contribution in [2.45, 2.75) is 44.9 Å². The molecule has 7 N–H and O–H groups in total. The quantitative estimate of drug-likeness (QED) is 0.0782. The predicted octanol–water partition coefficient (Wildman–Crippen LogP) is 3.28. The van der Waals surface area contributed by atoms with E-state index in [-0.39, 0.29) is 35.1 Å². The van der Waals surface area contributed by atoms with Gasteiger partial charge in [-0.3, -0.25) is 20.1 Å². The summed E-state index contributed by atoms with van der Waals surface area (Å²) in [4.78, 5) is 47.2. The summed E-state index contributed by atoms with van der Waals surface area (Å²) in [5, 5.41) is 14.6. The molecule has 3 unspecified atom stereocenters. The summed E-state index contributed by atoms with van der Waals surface area (Å²) in [5.74, 6) is 4.94. The number of nitrogens with two attached hydrogens (primary N) is 2. The molecule has 3 atom stereocenters. The maximum Gasteiger partial charge on any atom is 0.337 e. The lowest BCUT2D eigenvalue weighted by Crippen LogP contribution is -2.36. The van der Waals surface area contributed by atoms with E-state index < -0.39 is 5.97 Å². The Kier molecular flexibility index (Phi) is 17.4. The summed E-state index contributed by atoms with van der Waals surface area (Å²) >= 11 is 1.55. The summed E-state index contributed by atoms with van der Waals surface area (Å²) < 4.78 is 19.7. The fourth-order valence-electron chi connectivity index (χ4n) is 4.61. The maximum absolute atomic E-state index is 11.6. The summed E-state index contributed by atoms with van der Waals surface area (Å²) in [6, 6.07) is 10.8. The molecule has 2 aromatic carbocycles. The number of rotatable bonds is 7. The lowest BCUT2D eigenvalue weighted by molar-refractivity contribution is -0.134. The highest BCUT2D eigenvalue weighted by molar-refractivity contribution is 7.98. The molecule has 49 heavy (non-hydrogen) atoms. The van der Waals surface area contributed by atoms with E-state index >= 15 is 0 Å². The maximum atomic E-state index is 11.6. The second-order valence-corrected chi connectivity index (χ2v) is 11.9. The number of amides is 1. The number of nitrogens with zero attached hydrogens (tertiary/aromatic N) is 2. The van der Waals surface area contributed by atoms with Gasteiger partial charge < -0.3 is 29.8 Å². The number of carboxylic acids is 1. The minimum atomic E-state index is -0.833. The largest absolute Gasteiger partial charge is 0.481 e. The summed E-state index contributed by atoms with van der Waals surface area (Å²) in [7, 11) is 2.74. The van der Waals surface area contributed by atoms with Crippen LogP contribution in [0.15, 0.2) is 36.4 Å². The number of carbonyl (C=O) groups excluding carboxylic acids is 3. The van der Waals surface area contributed by atoms with Crippen LogP contribution in [0.25, 0.3) is 11.4 Å². The molecule has 2 saturated heterocycles. The van der Waals surface area contributed by atoms with E-state index in [1.807, 2.05) is 32.2 Å². The topological polar surface area (TPSA) is 231 Å². The Morgan fingerprint density at radius 1 is 0.980 bits per heavy atom. The van der Waals surface area contributed by atoms with Gasteiger partial charge >= 0.3 is 11.9 Å². The number of benzene rings is 2. The second kappa shape index (κ2) is 20.9. The van der Waals surface area contributed by atoms with Gasteiger partial charge in [0, 0.05) is 31.6 Å². The van der Waals surface area contributed by atoms with Gasteiger partial charge in [0.2, 0.25) is 5.91 Å². The van der Waals surface area contributed by atoms with E-state index in [9.17, 15) is 14.4 Å². The number of nitrogens with one attached hydrogen (secondary N) is 2. The zero-order valence-electron chi connectivity index (χ0n) is 28.6. The third-order valence-electron chi connectivity index (χ3n) is 7.42. The predicted molar refractivity (Wildman–Crippen MR) is 184 cm³/mol. The number of hydrogen-bond acceptors (Lipinski definition) is 13. The lowest BCUT2D eigenvalue weighted by Gasteiger charge is -2.13. The molecule has 0 aliphatic carbocycles. The Morgan fingerprint density at radius 3 is 2.06 bits per heavy atom. The van der Waals surface area contributed by atoms with E-state index in [0.29, 0.717) is 36.8 Å². The number of carboxylic acid groups (broad SMARTS) is 1. The minimum Gasteiger partial charge on any atom is -0.481 e. The molecule has 2 aliphatic heterocycles. The Morgan fingerprint density at radius 2 is 1.55 bits per heavy atom. The molecular formula is C33H46N6O9S. The lowest BCUT2D eigenvalue weighted by atomic mass is 10.0. The van der Waals surface area contributed by atoms with E-state index in [1.54, 1.807) is 36.0 Å². The molecule has 15 nitrogen and oxygen atoms in total. The number of hydrazine groups is 1. The fraction of sp³-hybridized carbons (Fsp3) is 0.455. The normalized spacial score (nSPS) is 16.7. The highest BCUT2D eigenvalue weighted by Crippen LogP contribution is 2.27. The average molecular weight is 703 g/mol. The first kappa shape index (κ1) is 40.8. The van der Waals surface area contributed by atoms with E-state index in [2.05, 4.69) is 25.3 Å². The van der Waals surface area contributed by atoms with Gasteiger partial charge in [-0.05, 0) is 73.9 Å². The number of esters is 2. The molecule has 16 heteroatoms. The number of hydrogen-bond donors (Lipinski definition) is 5. The van der Waals surface area contributed by atoms with Gasteiger partial charge in [-0.1, -0.05) is 12.1 Å². The fourth-order valence-corrected chi connectivity index (χ4v) is 5.12. The Balaban J connectivity index is 0.000000259. The smallest absolute Gasteiger partial charge is 0.337 e. The number of thioether (sulfide) groups is 1. The molecule has 1 amide bonds. The van der Waals surface area contributed by atoms with Crippen LogP contribution in [-0.2, 0) is 28.5 Å². The van der Waals surface area contributed by atoms with Crippen LogP contribution in [0, 0.1) is 19.8 Å². The third-order valence-corrected chi connectivity index (χ3v) is 8.18. The van der Waals surface area contributed by atoms with Crippen LogP contribution in [0.3, 0.4) is 0 Å². The van der Waals surface area contributed by atoms with Gasteiger partial charge in [0.15, 0.2) is 5.82 Å². The molecule has 0 saturated carbocycles. The Bertz CT molecular complexity index is 1530. The van der Waals surface area contributed by atoms with Crippen molar-refractivity contribution in [1.29, 1.82) is 0 Å². The van der Waals surface area contributed by atoms with Gasteiger partial charge in [0.1, 0.15) is 5.82 Å². The molecule has 2 fully saturated rings. The van der Waals surface area contributed by atoms with E-state index in [1.165, 1.54) is 14.2 Å². The van der Waals surface area contributed by atoms with E-state index in [0.717, 1.165) is 54.5 Å². The highest BCUT2D eigenvalue weighted by atomic mass is 32.2. The number of aromatic nitrogens is 3. The van der Waals surface area contributed by atoms with Crippen molar-refractivity contribution in [3.8, 4) is 11.4 Å². The first-order valence-electron chi connectivity index (χ1n) is 15.3.